The number of carboxylic acid groups (broad SMARTS) is 1. The van der Waals surface area contributed by atoms with Crippen molar-refractivity contribution in [1.29, 1.82) is 0 Å². The Hall–Kier alpha value is -1.81. The van der Waals surface area contributed by atoms with Gasteiger partial charge in [-0.15, -0.1) is 0 Å². The summed E-state index contributed by atoms with van der Waals surface area (Å²) in [5.74, 6) is -2.96. The summed E-state index contributed by atoms with van der Waals surface area (Å²) in [5.41, 5.74) is 5.54. The van der Waals surface area contributed by atoms with E-state index in [2.05, 4.69) is 23.3 Å². The van der Waals surface area contributed by atoms with Crippen molar-refractivity contribution < 1.29 is 29.0 Å². The largest absolute Gasteiger partial charge is 0.481 e. The summed E-state index contributed by atoms with van der Waals surface area (Å²) >= 11 is 3.96. The fourth-order valence-corrected chi connectivity index (χ4v) is 1.73. The van der Waals surface area contributed by atoms with Gasteiger partial charge in [-0.1, -0.05) is 0 Å². The van der Waals surface area contributed by atoms with Gasteiger partial charge in [-0.2, -0.15) is 12.6 Å². The zero-order valence-corrected chi connectivity index (χ0v) is 14.0. The van der Waals surface area contributed by atoms with Crippen molar-refractivity contribution in [1.82, 2.24) is 10.6 Å². The van der Waals surface area contributed by atoms with Crippen LogP contribution in [0.5, 0.6) is 0 Å². The Balaban J connectivity index is 4.35. The number of carbonyl (C=O) groups excluding carboxylic acids is 3. The van der Waals surface area contributed by atoms with Gasteiger partial charge in [0.1, 0.15) is 12.6 Å². The van der Waals surface area contributed by atoms with Crippen LogP contribution in [-0.4, -0.2) is 59.3 Å². The number of amides is 2. The summed E-state index contributed by atoms with van der Waals surface area (Å²) in [6, 6.07) is -2.04. The quantitative estimate of drug-likeness (QED) is 0.242. The maximum atomic E-state index is 11.9. The summed E-state index contributed by atoms with van der Waals surface area (Å²) in [7, 11) is 0. The van der Waals surface area contributed by atoms with Gasteiger partial charge in [-0.05, 0) is 20.3 Å². The highest BCUT2D eigenvalue weighted by molar-refractivity contribution is 7.80. The maximum Gasteiger partial charge on any atom is 0.325 e. The van der Waals surface area contributed by atoms with Crippen LogP contribution in [0.1, 0.15) is 26.7 Å². The lowest BCUT2D eigenvalue weighted by Crippen LogP contribution is -2.53. The Morgan fingerprint density at radius 2 is 1.83 bits per heavy atom. The van der Waals surface area contributed by atoms with Crippen molar-refractivity contribution in [2.24, 2.45) is 5.73 Å². The third kappa shape index (κ3) is 9.74. The molecule has 2 amide bonds. The van der Waals surface area contributed by atoms with Crippen molar-refractivity contribution in [2.45, 2.75) is 44.9 Å². The van der Waals surface area contributed by atoms with Crippen molar-refractivity contribution in [3.63, 3.8) is 0 Å². The van der Waals surface area contributed by atoms with Gasteiger partial charge in [0.05, 0.1) is 12.1 Å². The average molecular weight is 349 g/mol. The van der Waals surface area contributed by atoms with Crippen molar-refractivity contribution in [3.05, 3.63) is 0 Å². The number of hydrogen-bond acceptors (Lipinski definition) is 7. The van der Waals surface area contributed by atoms with E-state index in [0.29, 0.717) is 0 Å². The highest BCUT2D eigenvalue weighted by atomic mass is 32.1. The number of nitrogens with two attached hydrogens (primary N) is 1. The molecule has 0 aliphatic rings. The monoisotopic (exact) mass is 349 g/mol. The fourth-order valence-electron chi connectivity index (χ4n) is 1.47. The van der Waals surface area contributed by atoms with E-state index in [1.807, 2.05) is 0 Å². The van der Waals surface area contributed by atoms with E-state index in [-0.39, 0.29) is 31.2 Å². The molecule has 5 N–H and O–H groups in total. The Bertz CT molecular complexity index is 443. The highest BCUT2D eigenvalue weighted by Crippen LogP contribution is 1.97. The molecule has 0 aromatic carbocycles. The number of rotatable bonds is 10. The van der Waals surface area contributed by atoms with E-state index in [9.17, 15) is 19.2 Å². The molecule has 9 nitrogen and oxygen atoms in total. The molecule has 2 atom stereocenters. The first-order chi connectivity index (χ1) is 10.7. The number of nitrogens with one attached hydrogen (secondary N) is 2. The zero-order chi connectivity index (χ0) is 18.0. The Labute approximate surface area is 139 Å². The third-order valence-electron chi connectivity index (χ3n) is 2.60. The number of ether oxygens (including phenoxy) is 1. The molecule has 0 aliphatic carbocycles. The van der Waals surface area contributed by atoms with Crippen molar-refractivity contribution >= 4 is 36.4 Å². The summed E-state index contributed by atoms with van der Waals surface area (Å²) in [6.07, 6.45) is -0.608. The van der Waals surface area contributed by atoms with Crippen LogP contribution in [0.2, 0.25) is 0 Å². The van der Waals surface area contributed by atoms with E-state index in [4.69, 9.17) is 15.6 Å². The lowest BCUT2D eigenvalue weighted by molar-refractivity contribution is -0.147. The Morgan fingerprint density at radius 1 is 1.22 bits per heavy atom. The first kappa shape index (κ1) is 21.2. The minimum atomic E-state index is -1.07. The molecule has 132 valence electrons. The van der Waals surface area contributed by atoms with E-state index in [0.717, 1.165) is 0 Å². The number of thiol groups is 1. The predicted octanol–water partition coefficient (Wildman–Crippen LogP) is -1.34. The van der Waals surface area contributed by atoms with Gasteiger partial charge in [0.2, 0.25) is 11.8 Å². The van der Waals surface area contributed by atoms with Crippen LogP contribution in [0.3, 0.4) is 0 Å². The van der Waals surface area contributed by atoms with Gasteiger partial charge in [-0.3, -0.25) is 19.2 Å². The SMILES string of the molecule is CC(C)OC(=O)CNC(=O)C(CS)NC(=O)C(N)CCC(=O)O. The lowest BCUT2D eigenvalue weighted by Gasteiger charge is -2.19. The average Bonchev–Trinajstić information content (AvgIpc) is 2.46. The molecule has 0 aliphatic heterocycles. The molecule has 10 heteroatoms. The summed E-state index contributed by atoms with van der Waals surface area (Å²) in [5, 5.41) is 13.2. The number of carbonyl (C=O) groups is 4. The van der Waals surface area contributed by atoms with Gasteiger partial charge in [0.15, 0.2) is 0 Å². The second kappa shape index (κ2) is 10.8. The van der Waals surface area contributed by atoms with Gasteiger partial charge in [0, 0.05) is 12.2 Å². The fraction of sp³-hybridized carbons (Fsp3) is 0.692. The molecule has 0 saturated heterocycles. The first-order valence-electron chi connectivity index (χ1n) is 7.03. The summed E-state index contributed by atoms with van der Waals surface area (Å²) in [6.45, 7) is 3.02. The van der Waals surface area contributed by atoms with E-state index in [1.165, 1.54) is 0 Å². The van der Waals surface area contributed by atoms with Crippen molar-refractivity contribution in [3.8, 4) is 0 Å². The molecular formula is C13H23N3O6S. The van der Waals surface area contributed by atoms with Crippen LogP contribution < -0.4 is 16.4 Å². The van der Waals surface area contributed by atoms with Crippen LogP contribution in [0.15, 0.2) is 0 Å². The maximum absolute atomic E-state index is 11.9. The Morgan fingerprint density at radius 3 is 2.30 bits per heavy atom. The molecule has 0 heterocycles. The van der Waals surface area contributed by atoms with E-state index in [1.54, 1.807) is 13.8 Å². The van der Waals surface area contributed by atoms with Gasteiger partial charge >= 0.3 is 11.9 Å². The summed E-state index contributed by atoms with van der Waals surface area (Å²) < 4.78 is 4.85. The topological polar surface area (TPSA) is 148 Å². The number of esters is 1. The van der Waals surface area contributed by atoms with E-state index < -0.39 is 35.8 Å². The highest BCUT2D eigenvalue weighted by Gasteiger charge is 2.23. The Kier molecular flexibility index (Phi) is 9.99. The molecule has 0 rings (SSSR count). The minimum Gasteiger partial charge on any atom is -0.481 e. The standard InChI is InChI=1S/C13H23N3O6S/c1-7(2)22-11(19)5-15-13(21)9(6-23)16-12(20)8(14)3-4-10(17)18/h7-9,23H,3-6,14H2,1-2H3,(H,15,21)(H,16,20)(H,17,18). The molecule has 0 saturated carbocycles. The number of aliphatic carboxylic acids is 1. The van der Waals surface area contributed by atoms with Gasteiger partial charge < -0.3 is 26.2 Å². The zero-order valence-electron chi connectivity index (χ0n) is 13.1. The predicted molar refractivity (Wildman–Crippen MR) is 84.9 cm³/mol. The molecule has 0 radical (unpaired) electrons. The van der Waals surface area contributed by atoms with Gasteiger partial charge in [-0.25, -0.2) is 0 Å². The molecule has 0 bridgehead atoms. The smallest absolute Gasteiger partial charge is 0.325 e. The minimum absolute atomic E-state index is 0.0115. The molecule has 0 fully saturated rings. The van der Waals surface area contributed by atoms with Crippen LogP contribution in [0.25, 0.3) is 0 Å². The second-order valence-corrected chi connectivity index (χ2v) is 5.40. The number of hydrogen-bond donors (Lipinski definition) is 5. The lowest BCUT2D eigenvalue weighted by atomic mass is 10.1. The van der Waals surface area contributed by atoms with Gasteiger partial charge in [0.25, 0.3) is 0 Å². The number of carboxylic acids is 1. The van der Waals surface area contributed by atoms with Crippen molar-refractivity contribution in [2.75, 3.05) is 12.3 Å². The summed E-state index contributed by atoms with van der Waals surface area (Å²) in [4.78, 5) is 45.4. The van der Waals surface area contributed by atoms with E-state index >= 15 is 0 Å². The molecular weight excluding hydrogens is 326 g/mol. The first-order valence-corrected chi connectivity index (χ1v) is 7.66. The third-order valence-corrected chi connectivity index (χ3v) is 2.96. The molecule has 0 aromatic heterocycles. The van der Waals surface area contributed by atoms with Crippen LogP contribution >= 0.6 is 12.6 Å². The molecule has 0 spiro atoms. The van der Waals surface area contributed by atoms with Crippen LogP contribution in [-0.2, 0) is 23.9 Å². The normalized spacial score (nSPS) is 13.1. The molecule has 0 aromatic rings. The van der Waals surface area contributed by atoms with Crippen LogP contribution in [0, 0.1) is 0 Å². The molecule has 23 heavy (non-hydrogen) atoms. The molecule has 2 unspecified atom stereocenters. The second-order valence-electron chi connectivity index (χ2n) is 5.04. The van der Waals surface area contributed by atoms with Crippen LogP contribution in [0.4, 0.5) is 0 Å².